The van der Waals surface area contributed by atoms with E-state index in [1.807, 2.05) is 6.07 Å². The summed E-state index contributed by atoms with van der Waals surface area (Å²) in [6.45, 7) is 0.512. The Morgan fingerprint density at radius 2 is 2.12 bits per heavy atom. The van der Waals surface area contributed by atoms with Crippen molar-refractivity contribution in [1.82, 2.24) is 9.97 Å². The van der Waals surface area contributed by atoms with Gasteiger partial charge in [0, 0.05) is 10.7 Å². The quantitative estimate of drug-likeness (QED) is 0.854. The summed E-state index contributed by atoms with van der Waals surface area (Å²) in [7, 11) is 0. The molecule has 0 unspecified atom stereocenters. The van der Waals surface area contributed by atoms with Crippen LogP contribution >= 0.6 is 27.5 Å². The Labute approximate surface area is 112 Å². The molecule has 0 saturated heterocycles. The summed E-state index contributed by atoms with van der Waals surface area (Å²) < 4.78 is 0.850. The zero-order valence-electron chi connectivity index (χ0n) is 8.69. The second-order valence-corrected chi connectivity index (χ2v) is 4.63. The minimum Gasteiger partial charge on any atom is -0.506 e. The molecule has 0 bridgehead atoms. The van der Waals surface area contributed by atoms with Gasteiger partial charge in [0.05, 0.1) is 24.1 Å². The number of aromatic hydroxyl groups is 1. The molecule has 0 radical (unpaired) electrons. The first-order valence-electron chi connectivity index (χ1n) is 4.84. The largest absolute Gasteiger partial charge is 0.506 e. The molecule has 2 N–H and O–H groups in total. The fourth-order valence-corrected chi connectivity index (χ4v) is 1.76. The van der Waals surface area contributed by atoms with E-state index in [9.17, 15) is 0 Å². The molecule has 0 fully saturated rings. The van der Waals surface area contributed by atoms with Crippen molar-refractivity contribution < 1.29 is 5.11 Å². The number of nitrogens with zero attached hydrogens (tertiary/aromatic N) is 2. The molecule has 2 heterocycles. The second-order valence-electron chi connectivity index (χ2n) is 3.35. The topological polar surface area (TPSA) is 58.0 Å². The van der Waals surface area contributed by atoms with E-state index in [1.54, 1.807) is 18.3 Å². The van der Waals surface area contributed by atoms with Crippen molar-refractivity contribution in [3.05, 3.63) is 45.9 Å². The first-order chi connectivity index (χ1) is 8.15. The van der Waals surface area contributed by atoms with E-state index in [0.29, 0.717) is 11.7 Å². The molecule has 0 aliphatic heterocycles. The van der Waals surface area contributed by atoms with Gasteiger partial charge in [-0.25, -0.2) is 4.98 Å². The van der Waals surface area contributed by atoms with Crippen LogP contribution < -0.4 is 5.32 Å². The number of halogens is 2. The van der Waals surface area contributed by atoms with Gasteiger partial charge in [0.15, 0.2) is 5.15 Å². The zero-order chi connectivity index (χ0) is 12.3. The third kappa shape index (κ3) is 3.31. The fraction of sp³-hybridized carbons (Fsp3) is 0.0909. The standard InChI is InChI=1S/C11H9BrClN3O/c12-7-3-10(11(13)16-4-7)15-5-8-1-2-9(17)6-14-8/h1-4,6,15,17H,5H2. The molecule has 6 heteroatoms. The Kier molecular flexibility index (Phi) is 3.81. The van der Waals surface area contributed by atoms with E-state index in [1.165, 1.54) is 6.20 Å². The molecule has 2 aromatic rings. The molecule has 2 rings (SSSR count). The van der Waals surface area contributed by atoms with Crippen molar-refractivity contribution in [1.29, 1.82) is 0 Å². The summed E-state index contributed by atoms with van der Waals surface area (Å²) in [4.78, 5) is 8.06. The van der Waals surface area contributed by atoms with Gasteiger partial charge in [0.2, 0.25) is 0 Å². The molecule has 88 valence electrons. The average molecular weight is 315 g/mol. The SMILES string of the molecule is Oc1ccc(CNc2cc(Br)cnc2Cl)nc1. The Morgan fingerprint density at radius 3 is 2.82 bits per heavy atom. The van der Waals surface area contributed by atoms with E-state index in [0.717, 1.165) is 15.9 Å². The van der Waals surface area contributed by atoms with Crippen LogP contribution in [0, 0.1) is 0 Å². The summed E-state index contributed by atoms with van der Waals surface area (Å²) >= 11 is 9.26. The summed E-state index contributed by atoms with van der Waals surface area (Å²) in [5, 5.41) is 12.6. The molecule has 2 aromatic heterocycles. The van der Waals surface area contributed by atoms with Crippen LogP contribution in [0.3, 0.4) is 0 Å². The van der Waals surface area contributed by atoms with Crippen LogP contribution in [0.2, 0.25) is 5.15 Å². The molecular formula is C11H9BrClN3O. The summed E-state index contributed by atoms with van der Waals surface area (Å²) in [6, 6.07) is 5.17. The van der Waals surface area contributed by atoms with Gasteiger partial charge < -0.3 is 10.4 Å². The maximum absolute atomic E-state index is 9.10. The molecule has 0 amide bonds. The Hall–Kier alpha value is -1.33. The number of anilines is 1. The molecule has 0 aliphatic carbocycles. The van der Waals surface area contributed by atoms with Gasteiger partial charge in [0.25, 0.3) is 0 Å². The predicted molar refractivity (Wildman–Crippen MR) is 70.2 cm³/mol. The highest BCUT2D eigenvalue weighted by Gasteiger charge is 2.02. The van der Waals surface area contributed by atoms with Crippen molar-refractivity contribution in [2.24, 2.45) is 0 Å². The molecule has 17 heavy (non-hydrogen) atoms. The van der Waals surface area contributed by atoms with Crippen LogP contribution in [-0.4, -0.2) is 15.1 Å². The summed E-state index contributed by atoms with van der Waals surface area (Å²) in [5.74, 6) is 0.149. The fourth-order valence-electron chi connectivity index (χ4n) is 1.25. The molecule has 0 spiro atoms. The van der Waals surface area contributed by atoms with Crippen LogP contribution in [0.4, 0.5) is 5.69 Å². The third-order valence-corrected chi connectivity index (χ3v) is 2.81. The number of hydrogen-bond donors (Lipinski definition) is 2. The van der Waals surface area contributed by atoms with E-state index in [4.69, 9.17) is 16.7 Å². The smallest absolute Gasteiger partial charge is 0.152 e. The van der Waals surface area contributed by atoms with Gasteiger partial charge >= 0.3 is 0 Å². The number of pyridine rings is 2. The lowest BCUT2D eigenvalue weighted by molar-refractivity contribution is 0.472. The minimum atomic E-state index is 0.149. The Morgan fingerprint density at radius 1 is 1.29 bits per heavy atom. The number of nitrogens with one attached hydrogen (secondary N) is 1. The highest BCUT2D eigenvalue weighted by molar-refractivity contribution is 9.10. The third-order valence-electron chi connectivity index (χ3n) is 2.07. The van der Waals surface area contributed by atoms with Crippen molar-refractivity contribution >= 4 is 33.2 Å². The second kappa shape index (κ2) is 5.33. The van der Waals surface area contributed by atoms with Crippen molar-refractivity contribution in [2.75, 3.05) is 5.32 Å². The van der Waals surface area contributed by atoms with Gasteiger partial charge in [-0.2, -0.15) is 0 Å². The van der Waals surface area contributed by atoms with Crippen LogP contribution in [0.15, 0.2) is 35.1 Å². The van der Waals surface area contributed by atoms with Crippen molar-refractivity contribution in [2.45, 2.75) is 6.54 Å². The van der Waals surface area contributed by atoms with Gasteiger partial charge in [0.1, 0.15) is 5.75 Å². The molecule has 0 atom stereocenters. The van der Waals surface area contributed by atoms with Gasteiger partial charge in [-0.15, -0.1) is 0 Å². The molecule has 4 nitrogen and oxygen atoms in total. The predicted octanol–water partition coefficient (Wildman–Crippen LogP) is 3.21. The van der Waals surface area contributed by atoms with Crippen molar-refractivity contribution in [3.63, 3.8) is 0 Å². The minimum absolute atomic E-state index is 0.149. The maximum atomic E-state index is 9.10. The van der Waals surface area contributed by atoms with Crippen LogP contribution in [-0.2, 0) is 6.54 Å². The van der Waals surface area contributed by atoms with Crippen LogP contribution in [0.5, 0.6) is 5.75 Å². The molecule has 0 aliphatic rings. The van der Waals surface area contributed by atoms with E-state index < -0.39 is 0 Å². The van der Waals surface area contributed by atoms with E-state index >= 15 is 0 Å². The monoisotopic (exact) mass is 313 g/mol. The highest BCUT2D eigenvalue weighted by Crippen LogP contribution is 2.23. The number of rotatable bonds is 3. The summed E-state index contributed by atoms with van der Waals surface area (Å²) in [5.41, 5.74) is 1.54. The molecule has 0 aromatic carbocycles. The van der Waals surface area contributed by atoms with E-state index in [-0.39, 0.29) is 5.75 Å². The van der Waals surface area contributed by atoms with Gasteiger partial charge in [-0.05, 0) is 34.1 Å². The lowest BCUT2D eigenvalue weighted by atomic mass is 10.3. The van der Waals surface area contributed by atoms with Crippen molar-refractivity contribution in [3.8, 4) is 5.75 Å². The van der Waals surface area contributed by atoms with E-state index in [2.05, 4.69) is 31.2 Å². The first-order valence-corrected chi connectivity index (χ1v) is 6.01. The Balaban J connectivity index is 2.07. The van der Waals surface area contributed by atoms with Crippen LogP contribution in [0.1, 0.15) is 5.69 Å². The molecule has 0 saturated carbocycles. The number of aromatic nitrogens is 2. The first kappa shape index (κ1) is 12.1. The maximum Gasteiger partial charge on any atom is 0.152 e. The van der Waals surface area contributed by atoms with Gasteiger partial charge in [-0.3, -0.25) is 4.98 Å². The average Bonchev–Trinajstić information content (AvgIpc) is 2.32. The summed E-state index contributed by atoms with van der Waals surface area (Å²) in [6.07, 6.45) is 3.03. The normalized spacial score (nSPS) is 10.2. The molecular weight excluding hydrogens is 305 g/mol. The van der Waals surface area contributed by atoms with Crippen LogP contribution in [0.25, 0.3) is 0 Å². The lowest BCUT2D eigenvalue weighted by Crippen LogP contribution is -2.02. The zero-order valence-corrected chi connectivity index (χ0v) is 11.0. The highest BCUT2D eigenvalue weighted by atomic mass is 79.9. The van der Waals surface area contributed by atoms with Gasteiger partial charge in [-0.1, -0.05) is 11.6 Å². The number of hydrogen-bond acceptors (Lipinski definition) is 4. The lowest BCUT2D eigenvalue weighted by Gasteiger charge is -2.07. The Bertz CT molecular complexity index is 519.